The van der Waals surface area contributed by atoms with Crippen molar-refractivity contribution in [1.82, 2.24) is 5.32 Å². The van der Waals surface area contributed by atoms with Gasteiger partial charge in [-0.15, -0.1) is 0 Å². The second-order valence-electron chi connectivity index (χ2n) is 4.27. The lowest BCUT2D eigenvalue weighted by Gasteiger charge is -2.12. The quantitative estimate of drug-likeness (QED) is 0.818. The lowest BCUT2D eigenvalue weighted by atomic mass is 10.1. The molecule has 0 bridgehead atoms. The normalized spacial score (nSPS) is 10.0. The van der Waals surface area contributed by atoms with Crippen molar-refractivity contribution in [3.63, 3.8) is 0 Å². The zero-order valence-electron chi connectivity index (χ0n) is 11.8. The fourth-order valence-corrected chi connectivity index (χ4v) is 1.81. The summed E-state index contributed by atoms with van der Waals surface area (Å²) in [6.07, 6.45) is 0.155. The summed E-state index contributed by atoms with van der Waals surface area (Å²) < 4.78 is 9.72. The molecule has 0 fully saturated rings. The van der Waals surface area contributed by atoms with Gasteiger partial charge in [-0.25, -0.2) is 0 Å². The van der Waals surface area contributed by atoms with E-state index in [1.54, 1.807) is 13.2 Å². The van der Waals surface area contributed by atoms with Crippen LogP contribution in [0.25, 0.3) is 0 Å². The second kappa shape index (κ2) is 7.75. The molecule has 0 saturated carbocycles. The minimum Gasteiger partial charge on any atom is -0.496 e. The first-order valence-corrected chi connectivity index (χ1v) is 6.52. The van der Waals surface area contributed by atoms with Gasteiger partial charge < -0.3 is 14.8 Å². The Hall–Kier alpha value is -1.75. The molecule has 0 unspecified atom stereocenters. The highest BCUT2D eigenvalue weighted by Crippen LogP contribution is 2.26. The summed E-state index contributed by atoms with van der Waals surface area (Å²) in [7, 11) is 2.85. The number of carbonyl (C=O) groups excluding carboxylic acids is 2. The number of ether oxygens (including phenoxy) is 2. The number of nitrogens with one attached hydrogen (secondary N) is 1. The van der Waals surface area contributed by atoms with Crippen LogP contribution in [0.1, 0.15) is 24.0 Å². The van der Waals surface area contributed by atoms with Gasteiger partial charge >= 0.3 is 5.97 Å². The molecule has 110 valence electrons. The van der Waals surface area contributed by atoms with E-state index in [1.807, 2.05) is 13.0 Å². The van der Waals surface area contributed by atoms with Gasteiger partial charge in [-0.1, -0.05) is 11.6 Å². The van der Waals surface area contributed by atoms with Crippen molar-refractivity contribution < 1.29 is 19.1 Å². The Labute approximate surface area is 123 Å². The molecule has 0 aliphatic heterocycles. The average molecular weight is 300 g/mol. The summed E-state index contributed by atoms with van der Waals surface area (Å²) in [6, 6.07) is 3.58. The zero-order chi connectivity index (χ0) is 15.1. The van der Waals surface area contributed by atoms with Gasteiger partial charge in [0.2, 0.25) is 5.91 Å². The third-order valence-electron chi connectivity index (χ3n) is 2.82. The van der Waals surface area contributed by atoms with Crippen molar-refractivity contribution in [2.24, 2.45) is 0 Å². The molecule has 0 saturated heterocycles. The largest absolute Gasteiger partial charge is 0.496 e. The van der Waals surface area contributed by atoms with Crippen LogP contribution in [0.5, 0.6) is 5.75 Å². The van der Waals surface area contributed by atoms with Crippen LogP contribution in [0.4, 0.5) is 0 Å². The summed E-state index contributed by atoms with van der Waals surface area (Å²) >= 11 is 6.05. The molecule has 1 amide bonds. The Balaban J connectivity index is 2.59. The molecular formula is C14H18ClNO4. The fourth-order valence-electron chi connectivity index (χ4n) is 1.62. The Bertz CT molecular complexity index is 502. The van der Waals surface area contributed by atoms with E-state index in [1.165, 1.54) is 7.11 Å². The van der Waals surface area contributed by atoms with Crippen LogP contribution in [-0.2, 0) is 20.9 Å². The summed E-state index contributed by atoms with van der Waals surface area (Å²) in [5, 5.41) is 3.33. The molecule has 0 aliphatic rings. The molecule has 0 atom stereocenters. The minimum atomic E-state index is -0.406. The molecular weight excluding hydrogens is 282 g/mol. The highest BCUT2D eigenvalue weighted by molar-refractivity contribution is 6.31. The van der Waals surface area contributed by atoms with E-state index in [0.717, 1.165) is 11.1 Å². The van der Waals surface area contributed by atoms with E-state index in [4.69, 9.17) is 16.3 Å². The number of carbonyl (C=O) groups is 2. The minimum absolute atomic E-state index is 0.0636. The number of rotatable bonds is 6. The SMILES string of the molecule is COC(=O)CCC(=O)NCc1cc(Cl)c(C)cc1OC. The van der Waals surface area contributed by atoms with Gasteiger partial charge in [0, 0.05) is 23.6 Å². The number of esters is 1. The first-order chi connectivity index (χ1) is 9.47. The Kier molecular flexibility index (Phi) is 6.31. The maximum absolute atomic E-state index is 11.6. The van der Waals surface area contributed by atoms with Crippen LogP contribution in [0.3, 0.4) is 0 Å². The number of methoxy groups -OCH3 is 2. The summed E-state index contributed by atoms with van der Waals surface area (Å²) in [4.78, 5) is 22.5. The molecule has 1 aromatic carbocycles. The van der Waals surface area contributed by atoms with Gasteiger partial charge in [-0.05, 0) is 24.6 Å². The number of benzene rings is 1. The lowest BCUT2D eigenvalue weighted by molar-refractivity contribution is -0.142. The van der Waals surface area contributed by atoms with Crippen molar-refractivity contribution in [2.45, 2.75) is 26.3 Å². The number of halogens is 1. The van der Waals surface area contributed by atoms with Gasteiger partial charge in [0.15, 0.2) is 0 Å². The van der Waals surface area contributed by atoms with Crippen LogP contribution >= 0.6 is 11.6 Å². The van der Waals surface area contributed by atoms with Crippen molar-refractivity contribution in [2.75, 3.05) is 14.2 Å². The predicted molar refractivity (Wildman–Crippen MR) is 75.8 cm³/mol. The van der Waals surface area contributed by atoms with Crippen molar-refractivity contribution in [1.29, 1.82) is 0 Å². The molecule has 20 heavy (non-hydrogen) atoms. The highest BCUT2D eigenvalue weighted by atomic mass is 35.5. The number of hydrogen-bond donors (Lipinski definition) is 1. The first kappa shape index (κ1) is 16.3. The second-order valence-corrected chi connectivity index (χ2v) is 4.67. The van der Waals surface area contributed by atoms with E-state index >= 15 is 0 Å². The third-order valence-corrected chi connectivity index (χ3v) is 3.23. The van der Waals surface area contributed by atoms with Crippen LogP contribution in [-0.4, -0.2) is 26.1 Å². The van der Waals surface area contributed by atoms with Crippen molar-refractivity contribution in [3.8, 4) is 5.75 Å². The number of aryl methyl sites for hydroxylation is 1. The molecule has 5 nitrogen and oxygen atoms in total. The van der Waals surface area contributed by atoms with Gasteiger partial charge in [-0.2, -0.15) is 0 Å². The average Bonchev–Trinajstić information content (AvgIpc) is 2.45. The summed E-state index contributed by atoms with van der Waals surface area (Å²) in [6.45, 7) is 2.17. The molecule has 0 aromatic heterocycles. The Morgan fingerprint density at radius 1 is 1.25 bits per heavy atom. The van der Waals surface area contributed by atoms with Crippen molar-refractivity contribution >= 4 is 23.5 Å². The maximum atomic E-state index is 11.6. The van der Waals surface area contributed by atoms with E-state index in [0.29, 0.717) is 17.3 Å². The van der Waals surface area contributed by atoms with E-state index < -0.39 is 5.97 Å². The Morgan fingerprint density at radius 3 is 2.55 bits per heavy atom. The molecule has 6 heteroatoms. The molecule has 0 heterocycles. The zero-order valence-corrected chi connectivity index (χ0v) is 12.5. The summed E-state index contributed by atoms with van der Waals surface area (Å²) in [5.74, 6) is 0.0328. The van der Waals surface area contributed by atoms with Gasteiger partial charge in [0.1, 0.15) is 5.75 Å². The number of amides is 1. The smallest absolute Gasteiger partial charge is 0.306 e. The van der Waals surface area contributed by atoms with Gasteiger partial charge in [0.25, 0.3) is 0 Å². The van der Waals surface area contributed by atoms with Crippen LogP contribution in [0.2, 0.25) is 5.02 Å². The van der Waals surface area contributed by atoms with Crippen LogP contribution in [0, 0.1) is 6.92 Å². The molecule has 1 N–H and O–H groups in total. The van der Waals surface area contributed by atoms with Crippen molar-refractivity contribution in [3.05, 3.63) is 28.3 Å². The molecule has 0 radical (unpaired) electrons. The highest BCUT2D eigenvalue weighted by Gasteiger charge is 2.10. The van der Waals surface area contributed by atoms with Gasteiger partial charge in [-0.3, -0.25) is 9.59 Å². The third kappa shape index (κ3) is 4.74. The standard InChI is InChI=1S/C14H18ClNO4/c1-9-6-12(19-2)10(7-11(9)15)8-16-13(17)4-5-14(18)20-3/h6-7H,4-5,8H2,1-3H3,(H,16,17). The van der Waals surface area contributed by atoms with Crippen LogP contribution < -0.4 is 10.1 Å². The van der Waals surface area contributed by atoms with Crippen LogP contribution in [0.15, 0.2) is 12.1 Å². The molecule has 0 spiro atoms. The predicted octanol–water partition coefficient (Wildman–Crippen LogP) is 2.23. The maximum Gasteiger partial charge on any atom is 0.306 e. The van der Waals surface area contributed by atoms with Gasteiger partial charge in [0.05, 0.1) is 20.6 Å². The molecule has 1 rings (SSSR count). The summed E-state index contributed by atoms with van der Waals surface area (Å²) in [5.41, 5.74) is 1.69. The lowest BCUT2D eigenvalue weighted by Crippen LogP contribution is -2.23. The molecule has 0 aliphatic carbocycles. The topological polar surface area (TPSA) is 64.6 Å². The number of hydrogen-bond acceptors (Lipinski definition) is 4. The van der Waals surface area contributed by atoms with E-state index in [2.05, 4.69) is 10.1 Å². The molecule has 1 aromatic rings. The van der Waals surface area contributed by atoms with E-state index in [9.17, 15) is 9.59 Å². The monoisotopic (exact) mass is 299 g/mol. The first-order valence-electron chi connectivity index (χ1n) is 6.14. The fraction of sp³-hybridized carbons (Fsp3) is 0.429. The Morgan fingerprint density at radius 2 is 1.95 bits per heavy atom. The van der Waals surface area contributed by atoms with E-state index in [-0.39, 0.29) is 18.7 Å².